The zero-order valence-corrected chi connectivity index (χ0v) is 15.3. The fourth-order valence-corrected chi connectivity index (χ4v) is 3.10. The van der Waals surface area contributed by atoms with E-state index in [0.29, 0.717) is 6.42 Å². The highest BCUT2D eigenvalue weighted by molar-refractivity contribution is 5.75. The molecule has 1 aromatic heterocycles. The standard InChI is InChI=1S/C19H27N5O/c1-15-14-16(2)24(20-15)18-7-4-17(5-8-18)6-9-19(25)21-23-12-10-22(3)11-13-23/h4-5,7-8,14H,6,9-13H2,1-3H3,(H,21,25). The molecule has 1 amide bonds. The number of aromatic nitrogens is 2. The van der Waals surface area contributed by atoms with Crippen molar-refractivity contribution in [2.24, 2.45) is 0 Å². The molecule has 1 N–H and O–H groups in total. The summed E-state index contributed by atoms with van der Waals surface area (Å²) in [6.07, 6.45) is 1.25. The zero-order valence-electron chi connectivity index (χ0n) is 15.3. The number of hydrazine groups is 1. The van der Waals surface area contributed by atoms with Crippen LogP contribution in [0.3, 0.4) is 0 Å². The van der Waals surface area contributed by atoms with Crippen LogP contribution in [0, 0.1) is 13.8 Å². The Morgan fingerprint density at radius 1 is 1.12 bits per heavy atom. The van der Waals surface area contributed by atoms with E-state index in [1.165, 1.54) is 5.56 Å². The molecule has 0 aliphatic carbocycles. The van der Waals surface area contributed by atoms with Gasteiger partial charge in [0.25, 0.3) is 0 Å². The van der Waals surface area contributed by atoms with Crippen molar-refractivity contribution < 1.29 is 4.79 Å². The van der Waals surface area contributed by atoms with E-state index in [0.717, 1.165) is 49.7 Å². The summed E-state index contributed by atoms with van der Waals surface area (Å²) in [5, 5.41) is 6.52. The molecule has 25 heavy (non-hydrogen) atoms. The molecule has 134 valence electrons. The van der Waals surface area contributed by atoms with Crippen LogP contribution in [0.25, 0.3) is 5.69 Å². The first-order chi connectivity index (χ1) is 12.0. The van der Waals surface area contributed by atoms with Crippen molar-refractivity contribution in [2.45, 2.75) is 26.7 Å². The van der Waals surface area contributed by atoms with Crippen molar-refractivity contribution in [3.63, 3.8) is 0 Å². The predicted octanol–water partition coefficient (Wildman–Crippen LogP) is 1.70. The Hall–Kier alpha value is -2.18. The Morgan fingerprint density at radius 2 is 1.80 bits per heavy atom. The van der Waals surface area contributed by atoms with Crippen molar-refractivity contribution in [1.82, 2.24) is 25.1 Å². The smallest absolute Gasteiger partial charge is 0.234 e. The summed E-state index contributed by atoms with van der Waals surface area (Å²) >= 11 is 0. The van der Waals surface area contributed by atoms with E-state index >= 15 is 0 Å². The van der Waals surface area contributed by atoms with Gasteiger partial charge in [-0.25, -0.2) is 9.69 Å². The Balaban J connectivity index is 1.50. The highest BCUT2D eigenvalue weighted by Crippen LogP contribution is 2.14. The Morgan fingerprint density at radius 3 is 2.40 bits per heavy atom. The molecule has 0 unspecified atom stereocenters. The SMILES string of the molecule is Cc1cc(C)n(-c2ccc(CCC(=O)NN3CCN(C)CC3)cc2)n1. The van der Waals surface area contributed by atoms with Crippen LogP contribution in [0.4, 0.5) is 0 Å². The fraction of sp³-hybridized carbons (Fsp3) is 0.474. The monoisotopic (exact) mass is 341 g/mol. The van der Waals surface area contributed by atoms with Crippen LogP contribution in [-0.2, 0) is 11.2 Å². The van der Waals surface area contributed by atoms with Crippen LogP contribution in [-0.4, -0.2) is 58.8 Å². The Kier molecular flexibility index (Phi) is 5.50. The quantitative estimate of drug-likeness (QED) is 0.899. The number of rotatable bonds is 5. The van der Waals surface area contributed by atoms with E-state index in [9.17, 15) is 4.79 Å². The van der Waals surface area contributed by atoms with Crippen LogP contribution in [0.5, 0.6) is 0 Å². The lowest BCUT2D eigenvalue weighted by Gasteiger charge is -2.32. The summed E-state index contributed by atoms with van der Waals surface area (Å²) in [4.78, 5) is 14.4. The second-order valence-electron chi connectivity index (χ2n) is 6.83. The van der Waals surface area contributed by atoms with Gasteiger partial charge in [0, 0.05) is 38.3 Å². The van der Waals surface area contributed by atoms with Crippen LogP contribution in [0.1, 0.15) is 23.4 Å². The predicted molar refractivity (Wildman–Crippen MR) is 98.6 cm³/mol. The van der Waals surface area contributed by atoms with Crippen molar-refractivity contribution in [3.8, 4) is 5.69 Å². The normalized spacial score (nSPS) is 16.1. The molecule has 3 rings (SSSR count). The molecule has 1 aliphatic rings. The summed E-state index contributed by atoms with van der Waals surface area (Å²) in [7, 11) is 2.11. The maximum atomic E-state index is 12.1. The number of hydrogen-bond donors (Lipinski definition) is 1. The van der Waals surface area contributed by atoms with Gasteiger partial charge in [0.05, 0.1) is 11.4 Å². The molecule has 0 saturated carbocycles. The molecule has 0 radical (unpaired) electrons. The lowest BCUT2D eigenvalue weighted by molar-refractivity contribution is -0.126. The van der Waals surface area contributed by atoms with Gasteiger partial charge in [0.2, 0.25) is 5.91 Å². The number of nitrogens with one attached hydrogen (secondary N) is 1. The molecule has 0 spiro atoms. The number of amides is 1. The van der Waals surface area contributed by atoms with E-state index in [1.807, 2.05) is 16.6 Å². The topological polar surface area (TPSA) is 53.4 Å². The van der Waals surface area contributed by atoms with E-state index in [-0.39, 0.29) is 5.91 Å². The molecule has 1 fully saturated rings. The van der Waals surface area contributed by atoms with Crippen molar-refractivity contribution in [3.05, 3.63) is 47.3 Å². The number of benzene rings is 1. The average Bonchev–Trinajstić information content (AvgIpc) is 2.94. The fourth-order valence-electron chi connectivity index (χ4n) is 3.10. The van der Waals surface area contributed by atoms with Gasteiger partial charge in [0.15, 0.2) is 0 Å². The van der Waals surface area contributed by atoms with Gasteiger partial charge in [-0.3, -0.25) is 10.2 Å². The van der Waals surface area contributed by atoms with E-state index in [2.05, 4.69) is 59.7 Å². The van der Waals surface area contributed by atoms with Crippen LogP contribution in [0.15, 0.2) is 30.3 Å². The van der Waals surface area contributed by atoms with Gasteiger partial charge < -0.3 is 4.90 Å². The van der Waals surface area contributed by atoms with Crippen molar-refractivity contribution in [2.75, 3.05) is 33.2 Å². The van der Waals surface area contributed by atoms with Crippen LogP contribution in [0.2, 0.25) is 0 Å². The molecular weight excluding hydrogens is 314 g/mol. The molecule has 6 heteroatoms. The number of nitrogens with zero attached hydrogens (tertiary/aromatic N) is 4. The number of piperazine rings is 1. The van der Waals surface area contributed by atoms with E-state index in [1.54, 1.807) is 0 Å². The number of carbonyl (C=O) groups is 1. The maximum Gasteiger partial charge on any atom is 0.234 e. The summed E-state index contributed by atoms with van der Waals surface area (Å²) < 4.78 is 1.94. The molecule has 1 aromatic carbocycles. The third kappa shape index (κ3) is 4.67. The Labute approximate surface area is 149 Å². The third-order valence-corrected chi connectivity index (χ3v) is 4.62. The highest BCUT2D eigenvalue weighted by atomic mass is 16.2. The van der Waals surface area contributed by atoms with Gasteiger partial charge in [-0.15, -0.1) is 0 Å². The Bertz CT molecular complexity index is 714. The van der Waals surface area contributed by atoms with Crippen LogP contribution >= 0.6 is 0 Å². The molecule has 0 bridgehead atoms. The second-order valence-corrected chi connectivity index (χ2v) is 6.83. The molecule has 1 aliphatic heterocycles. The molecule has 0 atom stereocenters. The van der Waals surface area contributed by atoms with Gasteiger partial charge in [-0.05, 0) is 51.1 Å². The minimum atomic E-state index is 0.0900. The first kappa shape index (κ1) is 17.6. The van der Waals surface area contributed by atoms with Crippen molar-refractivity contribution in [1.29, 1.82) is 0 Å². The molecule has 2 heterocycles. The van der Waals surface area contributed by atoms with Crippen molar-refractivity contribution >= 4 is 5.91 Å². The average molecular weight is 341 g/mol. The summed E-state index contributed by atoms with van der Waals surface area (Å²) in [5.74, 6) is 0.0900. The summed E-state index contributed by atoms with van der Waals surface area (Å²) in [5.41, 5.74) is 7.37. The molecular formula is C19H27N5O. The number of carbonyl (C=O) groups excluding carboxylic acids is 1. The van der Waals surface area contributed by atoms with E-state index in [4.69, 9.17) is 0 Å². The van der Waals surface area contributed by atoms with Crippen LogP contribution < -0.4 is 5.43 Å². The minimum Gasteiger partial charge on any atom is -0.304 e. The number of likely N-dealkylation sites (N-methyl/N-ethyl adjacent to an activating group) is 1. The highest BCUT2D eigenvalue weighted by Gasteiger charge is 2.15. The zero-order chi connectivity index (χ0) is 17.8. The molecule has 6 nitrogen and oxygen atoms in total. The second kappa shape index (κ2) is 7.80. The largest absolute Gasteiger partial charge is 0.304 e. The van der Waals surface area contributed by atoms with Gasteiger partial charge in [0.1, 0.15) is 0 Å². The summed E-state index contributed by atoms with van der Waals surface area (Å²) in [6, 6.07) is 10.3. The van der Waals surface area contributed by atoms with Gasteiger partial charge in [-0.1, -0.05) is 12.1 Å². The third-order valence-electron chi connectivity index (χ3n) is 4.62. The van der Waals surface area contributed by atoms with Gasteiger partial charge >= 0.3 is 0 Å². The van der Waals surface area contributed by atoms with Gasteiger partial charge in [-0.2, -0.15) is 5.10 Å². The first-order valence-corrected chi connectivity index (χ1v) is 8.87. The minimum absolute atomic E-state index is 0.0900. The van der Waals surface area contributed by atoms with E-state index < -0.39 is 0 Å². The molecule has 2 aromatic rings. The lowest BCUT2D eigenvalue weighted by atomic mass is 10.1. The first-order valence-electron chi connectivity index (χ1n) is 8.87. The number of aryl methyl sites for hydroxylation is 3. The summed E-state index contributed by atoms with van der Waals surface area (Å²) in [6.45, 7) is 7.81. The lowest BCUT2D eigenvalue weighted by Crippen LogP contribution is -2.52. The maximum absolute atomic E-state index is 12.1. The molecule has 1 saturated heterocycles. The number of hydrogen-bond acceptors (Lipinski definition) is 4.